The minimum absolute atomic E-state index is 0.0609. The summed E-state index contributed by atoms with van der Waals surface area (Å²) in [5, 5.41) is 100. The summed E-state index contributed by atoms with van der Waals surface area (Å²) in [6.45, 7) is 37.4. The molecular weight excluding hydrogens is 1400 g/mol. The first-order chi connectivity index (χ1) is 53.0. The minimum Gasteiger partial charge on any atom is -0.508 e. The van der Waals surface area contributed by atoms with Crippen molar-refractivity contribution in [3.8, 4) is 69.0 Å². The van der Waals surface area contributed by atoms with E-state index in [-0.39, 0.29) is 58.2 Å². The Kier molecular flexibility index (Phi) is 26.4. The van der Waals surface area contributed by atoms with Gasteiger partial charge in [-0.25, -0.2) is 9.59 Å². The molecule has 0 aliphatic heterocycles. The van der Waals surface area contributed by atoms with Crippen molar-refractivity contribution in [3.63, 3.8) is 0 Å². The summed E-state index contributed by atoms with van der Waals surface area (Å²) < 4.78 is 10.4. The van der Waals surface area contributed by atoms with Gasteiger partial charge in [-0.1, -0.05) is 134 Å². The molecule has 0 aliphatic rings. The maximum Gasteiger partial charge on any atom is 0.335 e. The monoisotopic (exact) mass is 1500 g/mol. The van der Waals surface area contributed by atoms with Crippen LogP contribution in [0.1, 0.15) is 179 Å². The van der Waals surface area contributed by atoms with Crippen molar-refractivity contribution in [1.29, 1.82) is 0 Å². The fourth-order valence-electron chi connectivity index (χ4n) is 14.5. The molecule has 0 aromatic heterocycles. The van der Waals surface area contributed by atoms with Crippen LogP contribution in [0.2, 0.25) is 0 Å². The molecule has 0 saturated carbocycles. The van der Waals surface area contributed by atoms with E-state index in [9.17, 15) is 60.7 Å². The minimum atomic E-state index is -0.506. The van der Waals surface area contributed by atoms with Gasteiger partial charge in [-0.15, -0.1) is 0 Å². The predicted molar refractivity (Wildman–Crippen MR) is 445 cm³/mol. The third-order valence-corrected chi connectivity index (χ3v) is 20.6. The number of phenols is 10. The number of rotatable bonds is 16. The van der Waals surface area contributed by atoms with Crippen molar-refractivity contribution in [2.45, 2.75) is 134 Å². The molecule has 10 N–H and O–H groups in total. The molecular formula is C98H100O14. The molecule has 0 fully saturated rings. The normalized spacial score (nSPS) is 11.0. The summed E-state index contributed by atoms with van der Waals surface area (Å²) >= 11 is 0. The summed E-state index contributed by atoms with van der Waals surface area (Å²) in [5.41, 5.74) is 26.3. The molecule has 0 amide bonds. The predicted octanol–water partition coefficient (Wildman–Crippen LogP) is 21.6. The fourth-order valence-corrected chi connectivity index (χ4v) is 14.5. The number of aryl methyl sites for hydroxylation is 16. The Hall–Kier alpha value is -12.9. The third kappa shape index (κ3) is 19.4. The van der Waals surface area contributed by atoms with Gasteiger partial charge in [0, 0.05) is 35.8 Å². The topological polar surface area (TPSA) is 255 Å². The van der Waals surface area contributed by atoms with E-state index in [1.54, 1.807) is 72.8 Å². The lowest BCUT2D eigenvalue weighted by Crippen LogP contribution is -2.09. The maximum atomic E-state index is 11.5. The van der Waals surface area contributed by atoms with Crippen LogP contribution in [0.3, 0.4) is 0 Å². The van der Waals surface area contributed by atoms with Gasteiger partial charge in [-0.05, 0) is 339 Å². The standard InChI is InChI=1S/2C26H26O4.2C23H24O3/c1-6-25(29)30-20-9-7-19(8-10-20)26(21-11-17(4)23(27)13-15(21)2)22-12-18(5)24(28)14-16(22)3;1-6-23(27)30-22-9-7-19(8-10-22)24(20-11-15(2)25(28)16(3)12-20)21-13-17(4)26(29)18(5)14-21;1-13-11-21(25)15(3)9-19(13)23(17-5-7-18(24)8-6-17)20-10-16(4)22(26)12-14(20)2;1-13-9-18(10-14(2)22(13)25)21(17-5-7-20(24)8-6-17)19-11-15(3)23(26)16(4)12-19/h6-14,26-28H,1H2,2-5H3;6-14,24,28-29H,1H2,2-5H3;5-12,23-26H,1-4H3;5-12,21,24-26H,1-4H3. The van der Waals surface area contributed by atoms with Gasteiger partial charge in [0.1, 0.15) is 69.0 Å². The Morgan fingerprint density at radius 2 is 0.429 bits per heavy atom. The van der Waals surface area contributed by atoms with E-state index in [1.807, 2.05) is 232 Å². The zero-order valence-corrected chi connectivity index (χ0v) is 66.5. The molecule has 12 aromatic carbocycles. The number of ether oxygens (including phenoxy) is 2. The summed E-state index contributed by atoms with van der Waals surface area (Å²) in [4.78, 5) is 23.0. The molecule has 0 unspecified atom stereocenters. The van der Waals surface area contributed by atoms with Gasteiger partial charge in [0.05, 0.1) is 0 Å². The highest BCUT2D eigenvalue weighted by atomic mass is 16.5. The molecule has 0 atom stereocenters. The number of hydrogen-bond acceptors (Lipinski definition) is 14. The molecule has 14 heteroatoms. The first-order valence-electron chi connectivity index (χ1n) is 36.8. The van der Waals surface area contributed by atoms with E-state index >= 15 is 0 Å². The second-order valence-electron chi connectivity index (χ2n) is 29.3. The van der Waals surface area contributed by atoms with Gasteiger partial charge < -0.3 is 60.5 Å². The first kappa shape index (κ1) is 83.1. The van der Waals surface area contributed by atoms with Crippen LogP contribution in [0.15, 0.2) is 219 Å². The highest BCUT2D eigenvalue weighted by Crippen LogP contribution is 2.45. The largest absolute Gasteiger partial charge is 0.508 e. The second-order valence-corrected chi connectivity index (χ2v) is 29.3. The molecule has 576 valence electrons. The average molecular weight is 1500 g/mol. The molecule has 0 spiro atoms. The number of carbonyl (C=O) groups is 2. The number of carbonyl (C=O) groups excluding carboxylic acids is 2. The van der Waals surface area contributed by atoms with Crippen LogP contribution in [0.4, 0.5) is 0 Å². The molecule has 12 aromatic rings. The Labute approximate surface area is 657 Å². The lowest BCUT2D eigenvalue weighted by Gasteiger charge is -2.24. The van der Waals surface area contributed by atoms with Crippen molar-refractivity contribution in [2.75, 3.05) is 0 Å². The van der Waals surface area contributed by atoms with Crippen LogP contribution in [-0.2, 0) is 9.59 Å². The summed E-state index contributed by atoms with van der Waals surface area (Å²) in [6, 6.07) is 60.2. The number of hydrogen-bond donors (Lipinski definition) is 10. The fraction of sp³-hybridized carbons (Fsp3) is 0.204. The van der Waals surface area contributed by atoms with Crippen LogP contribution < -0.4 is 9.47 Å². The highest BCUT2D eigenvalue weighted by molar-refractivity contribution is 5.84. The quantitative estimate of drug-likeness (QED) is 0.0187. The lowest BCUT2D eigenvalue weighted by atomic mass is 9.80. The molecule has 0 saturated heterocycles. The van der Waals surface area contributed by atoms with Gasteiger partial charge in [-0.2, -0.15) is 0 Å². The average Bonchev–Trinajstić information content (AvgIpc) is 0.779. The van der Waals surface area contributed by atoms with Gasteiger partial charge in [0.15, 0.2) is 0 Å². The molecule has 0 radical (unpaired) electrons. The maximum absolute atomic E-state index is 11.5. The number of benzene rings is 12. The van der Waals surface area contributed by atoms with Crippen LogP contribution >= 0.6 is 0 Å². The number of esters is 2. The van der Waals surface area contributed by atoms with E-state index in [4.69, 9.17) is 9.47 Å². The summed E-state index contributed by atoms with van der Waals surface area (Å²) in [6.07, 6.45) is 2.25. The lowest BCUT2D eigenvalue weighted by molar-refractivity contribution is -0.129. The summed E-state index contributed by atoms with van der Waals surface area (Å²) in [5.74, 6) is 2.29. The van der Waals surface area contributed by atoms with Crippen molar-refractivity contribution in [3.05, 3.63) is 375 Å². The Balaban J connectivity index is 0.000000172. The zero-order valence-electron chi connectivity index (χ0n) is 66.5. The molecule has 0 bridgehead atoms. The molecule has 12 rings (SSSR count). The van der Waals surface area contributed by atoms with E-state index in [2.05, 4.69) is 13.2 Å². The molecule has 14 nitrogen and oxygen atoms in total. The smallest absolute Gasteiger partial charge is 0.335 e. The van der Waals surface area contributed by atoms with E-state index in [0.29, 0.717) is 34.5 Å². The number of aromatic hydroxyl groups is 10. The van der Waals surface area contributed by atoms with Crippen molar-refractivity contribution in [2.24, 2.45) is 0 Å². The van der Waals surface area contributed by atoms with Crippen LogP contribution in [0.5, 0.6) is 69.0 Å². The third-order valence-electron chi connectivity index (χ3n) is 20.6. The molecule has 0 aliphatic carbocycles. The highest BCUT2D eigenvalue weighted by Gasteiger charge is 2.27. The van der Waals surface area contributed by atoms with E-state index in [0.717, 1.165) is 168 Å². The van der Waals surface area contributed by atoms with E-state index in [1.165, 1.54) is 0 Å². The SMILES string of the molecule is C=CC(=O)Oc1ccc(C(c2cc(C)c(O)c(C)c2)c2cc(C)c(O)c(C)c2)cc1.C=CC(=O)Oc1ccc(C(c2cc(C)c(O)cc2C)c2cc(C)c(O)cc2C)cc1.Cc1cc(C(c2ccc(O)cc2)c2cc(C)c(O)c(C)c2)cc(C)c1O.Cc1cc(C(c2ccc(O)cc2)c2cc(C)c(O)cc2C)c(C)cc1O. The first-order valence-corrected chi connectivity index (χ1v) is 36.8. The van der Waals surface area contributed by atoms with Crippen molar-refractivity contribution < 1.29 is 70.1 Å². The van der Waals surface area contributed by atoms with Gasteiger partial charge in [0.2, 0.25) is 0 Å². The summed E-state index contributed by atoms with van der Waals surface area (Å²) in [7, 11) is 0. The van der Waals surface area contributed by atoms with Crippen molar-refractivity contribution in [1.82, 2.24) is 0 Å². The van der Waals surface area contributed by atoms with Crippen molar-refractivity contribution >= 4 is 11.9 Å². The van der Waals surface area contributed by atoms with Crippen LogP contribution in [0.25, 0.3) is 0 Å². The zero-order chi connectivity index (χ0) is 82.0. The molecule has 112 heavy (non-hydrogen) atoms. The Bertz CT molecular complexity index is 5170. The van der Waals surface area contributed by atoms with Gasteiger partial charge in [-0.3, -0.25) is 0 Å². The van der Waals surface area contributed by atoms with E-state index < -0.39 is 11.9 Å². The Morgan fingerprint density at radius 3 is 0.625 bits per heavy atom. The van der Waals surface area contributed by atoms with Crippen LogP contribution in [-0.4, -0.2) is 63.0 Å². The Morgan fingerprint density at radius 1 is 0.241 bits per heavy atom. The van der Waals surface area contributed by atoms with Crippen LogP contribution in [0, 0.1) is 111 Å². The van der Waals surface area contributed by atoms with Gasteiger partial charge >= 0.3 is 11.9 Å². The molecule has 0 heterocycles. The van der Waals surface area contributed by atoms with Gasteiger partial charge in [0.25, 0.3) is 0 Å². The number of phenolic OH excluding ortho intramolecular Hbond substituents is 10. The second kappa shape index (κ2) is 35.6.